The predicted octanol–water partition coefficient (Wildman–Crippen LogP) is 1.39. The Hall–Kier alpha value is -0.790. The lowest BCUT2D eigenvalue weighted by molar-refractivity contribution is 0.482. The van der Waals surface area contributed by atoms with E-state index < -0.39 is 0 Å². The molecule has 0 N–H and O–H groups in total. The Balaban J connectivity index is 2.15. The summed E-state index contributed by atoms with van der Waals surface area (Å²) in [5.74, 6) is 1.90. The smallest absolute Gasteiger partial charge is 0.0492 e. The van der Waals surface area contributed by atoms with E-state index in [0.717, 1.165) is 18.4 Å². The van der Waals surface area contributed by atoms with Gasteiger partial charge in [-0.1, -0.05) is 0 Å². The maximum Gasteiger partial charge on any atom is 0.0492 e. The summed E-state index contributed by atoms with van der Waals surface area (Å²) in [5.41, 5.74) is 1.48. The van der Waals surface area contributed by atoms with Crippen LogP contribution in [0.4, 0.5) is 0 Å². The molecular formula is C8H10N2. The summed E-state index contributed by atoms with van der Waals surface area (Å²) < 4.78 is 2.16. The van der Waals surface area contributed by atoms with Gasteiger partial charge in [0.05, 0.1) is 0 Å². The van der Waals surface area contributed by atoms with Crippen LogP contribution >= 0.6 is 0 Å². The standard InChI is InChI=1S/C8H10N2/c1-3-9-10-4-2-6-5-7(6)8(1)10/h1,3,6-7H,2,4-5H2. The van der Waals surface area contributed by atoms with Gasteiger partial charge in [0.1, 0.15) is 0 Å². The van der Waals surface area contributed by atoms with Crippen molar-refractivity contribution in [2.75, 3.05) is 0 Å². The molecule has 2 unspecified atom stereocenters. The minimum Gasteiger partial charge on any atom is -0.269 e. The van der Waals surface area contributed by atoms with Crippen LogP contribution in [0.3, 0.4) is 0 Å². The molecule has 0 amide bonds. The van der Waals surface area contributed by atoms with Crippen LogP contribution in [0.15, 0.2) is 12.3 Å². The van der Waals surface area contributed by atoms with Crippen molar-refractivity contribution in [3.05, 3.63) is 18.0 Å². The first-order valence-electron chi connectivity index (χ1n) is 3.97. The molecule has 1 aromatic heterocycles. The van der Waals surface area contributed by atoms with Gasteiger partial charge in [-0.25, -0.2) is 0 Å². The monoisotopic (exact) mass is 134 g/mol. The second-order valence-corrected chi connectivity index (χ2v) is 3.37. The molecule has 10 heavy (non-hydrogen) atoms. The molecule has 2 nitrogen and oxygen atoms in total. The van der Waals surface area contributed by atoms with E-state index in [1.165, 1.54) is 18.5 Å². The van der Waals surface area contributed by atoms with Crippen molar-refractivity contribution >= 4 is 0 Å². The molecule has 1 fully saturated rings. The van der Waals surface area contributed by atoms with E-state index in [-0.39, 0.29) is 0 Å². The van der Waals surface area contributed by atoms with Crippen molar-refractivity contribution in [1.82, 2.24) is 9.78 Å². The third kappa shape index (κ3) is 0.474. The van der Waals surface area contributed by atoms with Crippen LogP contribution in [0, 0.1) is 5.92 Å². The molecule has 0 aromatic carbocycles. The van der Waals surface area contributed by atoms with Gasteiger partial charge in [-0.2, -0.15) is 5.10 Å². The quantitative estimate of drug-likeness (QED) is 0.524. The van der Waals surface area contributed by atoms with Crippen LogP contribution in [-0.2, 0) is 6.54 Å². The first-order chi connectivity index (χ1) is 4.95. The van der Waals surface area contributed by atoms with Crippen molar-refractivity contribution < 1.29 is 0 Å². The molecule has 3 rings (SSSR count). The number of nitrogens with zero attached hydrogens (tertiary/aromatic N) is 2. The van der Waals surface area contributed by atoms with E-state index >= 15 is 0 Å². The lowest BCUT2D eigenvalue weighted by Crippen LogP contribution is -2.09. The maximum atomic E-state index is 4.25. The van der Waals surface area contributed by atoms with Gasteiger partial charge in [0.15, 0.2) is 0 Å². The summed E-state index contributed by atoms with van der Waals surface area (Å²) >= 11 is 0. The SMILES string of the molecule is c1cc2n(n1)CCC1CC21. The van der Waals surface area contributed by atoms with E-state index in [9.17, 15) is 0 Å². The van der Waals surface area contributed by atoms with Crippen molar-refractivity contribution in [3.8, 4) is 0 Å². The van der Waals surface area contributed by atoms with Gasteiger partial charge >= 0.3 is 0 Å². The highest BCUT2D eigenvalue weighted by Gasteiger charge is 2.42. The van der Waals surface area contributed by atoms with Gasteiger partial charge in [-0.3, -0.25) is 4.68 Å². The van der Waals surface area contributed by atoms with Gasteiger partial charge in [0, 0.05) is 24.4 Å². The lowest BCUT2D eigenvalue weighted by atomic mass is 10.1. The number of aryl methyl sites for hydroxylation is 1. The highest BCUT2D eigenvalue weighted by atomic mass is 15.3. The van der Waals surface area contributed by atoms with E-state index in [1.807, 2.05) is 6.20 Å². The summed E-state index contributed by atoms with van der Waals surface area (Å²) in [6, 6.07) is 2.17. The molecule has 52 valence electrons. The van der Waals surface area contributed by atoms with E-state index in [4.69, 9.17) is 0 Å². The highest BCUT2D eigenvalue weighted by Crippen LogP contribution is 2.52. The van der Waals surface area contributed by atoms with Crippen molar-refractivity contribution in [2.45, 2.75) is 25.3 Å². The average Bonchev–Trinajstić information content (AvgIpc) is 2.60. The Morgan fingerprint density at radius 2 is 2.60 bits per heavy atom. The Morgan fingerprint density at radius 3 is 3.60 bits per heavy atom. The zero-order valence-corrected chi connectivity index (χ0v) is 5.83. The molecule has 0 saturated heterocycles. The number of hydrogen-bond donors (Lipinski definition) is 0. The summed E-state index contributed by atoms with van der Waals surface area (Å²) in [6.45, 7) is 1.16. The summed E-state index contributed by atoms with van der Waals surface area (Å²) in [4.78, 5) is 0. The minimum absolute atomic E-state index is 0.885. The molecule has 2 atom stereocenters. The minimum atomic E-state index is 0.885. The molecule has 1 aromatic rings. The van der Waals surface area contributed by atoms with Crippen molar-refractivity contribution in [1.29, 1.82) is 0 Å². The third-order valence-corrected chi connectivity index (χ3v) is 2.76. The van der Waals surface area contributed by atoms with Crippen LogP contribution in [0.1, 0.15) is 24.5 Å². The van der Waals surface area contributed by atoms with Crippen LogP contribution in [0.2, 0.25) is 0 Å². The van der Waals surface area contributed by atoms with Crippen LogP contribution in [0.25, 0.3) is 0 Å². The fraction of sp³-hybridized carbons (Fsp3) is 0.625. The second kappa shape index (κ2) is 1.44. The van der Waals surface area contributed by atoms with E-state index in [0.29, 0.717) is 0 Å². The molecule has 1 saturated carbocycles. The van der Waals surface area contributed by atoms with E-state index in [1.54, 1.807) is 0 Å². The predicted molar refractivity (Wildman–Crippen MR) is 37.7 cm³/mol. The Morgan fingerprint density at radius 1 is 1.60 bits per heavy atom. The zero-order valence-electron chi connectivity index (χ0n) is 5.83. The topological polar surface area (TPSA) is 17.8 Å². The van der Waals surface area contributed by atoms with Gasteiger partial charge in [-0.05, 0) is 24.8 Å². The third-order valence-electron chi connectivity index (χ3n) is 2.76. The van der Waals surface area contributed by atoms with E-state index in [2.05, 4.69) is 15.8 Å². The Labute approximate surface area is 59.9 Å². The zero-order chi connectivity index (χ0) is 6.55. The van der Waals surface area contributed by atoms with Crippen molar-refractivity contribution in [3.63, 3.8) is 0 Å². The van der Waals surface area contributed by atoms with Crippen LogP contribution in [0.5, 0.6) is 0 Å². The first-order valence-corrected chi connectivity index (χ1v) is 3.97. The van der Waals surface area contributed by atoms with Crippen LogP contribution < -0.4 is 0 Å². The average molecular weight is 134 g/mol. The molecule has 0 bridgehead atoms. The second-order valence-electron chi connectivity index (χ2n) is 3.37. The molecule has 1 aliphatic heterocycles. The molecule has 0 radical (unpaired) electrons. The molecule has 0 spiro atoms. The van der Waals surface area contributed by atoms with Gasteiger partial charge < -0.3 is 0 Å². The lowest BCUT2D eigenvalue weighted by Gasteiger charge is -2.11. The maximum absolute atomic E-state index is 4.25. The van der Waals surface area contributed by atoms with Crippen molar-refractivity contribution in [2.24, 2.45) is 5.92 Å². The fourth-order valence-electron chi connectivity index (χ4n) is 2.06. The largest absolute Gasteiger partial charge is 0.269 e. The van der Waals surface area contributed by atoms with Crippen LogP contribution in [-0.4, -0.2) is 9.78 Å². The summed E-state index contributed by atoms with van der Waals surface area (Å²) in [6.07, 6.45) is 4.71. The summed E-state index contributed by atoms with van der Waals surface area (Å²) in [5, 5.41) is 4.25. The number of fused-ring (bicyclic) bond motifs is 3. The molecule has 2 heteroatoms. The molecule has 2 heterocycles. The summed E-state index contributed by atoms with van der Waals surface area (Å²) in [7, 11) is 0. The Bertz CT molecular complexity index is 264. The molecule has 1 aliphatic carbocycles. The fourth-order valence-corrected chi connectivity index (χ4v) is 2.06. The number of aromatic nitrogens is 2. The first kappa shape index (κ1) is 4.94. The highest BCUT2D eigenvalue weighted by molar-refractivity contribution is 5.19. The number of rotatable bonds is 0. The van der Waals surface area contributed by atoms with Gasteiger partial charge in [-0.15, -0.1) is 0 Å². The Kier molecular flexibility index (Phi) is 0.712. The normalized spacial score (nSPS) is 34.8. The molecule has 2 aliphatic rings. The van der Waals surface area contributed by atoms with Gasteiger partial charge in [0.25, 0.3) is 0 Å². The van der Waals surface area contributed by atoms with Gasteiger partial charge in [0.2, 0.25) is 0 Å². The molecular weight excluding hydrogens is 124 g/mol. The number of hydrogen-bond acceptors (Lipinski definition) is 1.